The molecule has 0 aliphatic carbocycles. The maximum absolute atomic E-state index is 12.6. The van der Waals surface area contributed by atoms with Crippen LogP contribution in [0.4, 0.5) is 15.3 Å². The van der Waals surface area contributed by atoms with E-state index in [1.165, 1.54) is 18.2 Å². The van der Waals surface area contributed by atoms with Gasteiger partial charge in [-0.25, -0.2) is 14.4 Å². The average Bonchev–Trinajstić information content (AvgIpc) is 2.60. The summed E-state index contributed by atoms with van der Waals surface area (Å²) in [7, 11) is 0. The first-order valence-corrected chi connectivity index (χ1v) is 6.90. The number of amides is 4. The number of urea groups is 1. The van der Waals surface area contributed by atoms with Gasteiger partial charge in [-0.05, 0) is 19.9 Å². The molecule has 0 radical (unpaired) electrons. The molecule has 6 nitrogen and oxygen atoms in total. The van der Waals surface area contributed by atoms with Crippen molar-refractivity contribution in [2.24, 2.45) is 0 Å². The third-order valence-corrected chi connectivity index (χ3v) is 3.92. The highest BCUT2D eigenvalue weighted by Gasteiger charge is 2.60. The molecule has 0 aromatic heterocycles. The van der Waals surface area contributed by atoms with Crippen LogP contribution in [0.3, 0.4) is 0 Å². The summed E-state index contributed by atoms with van der Waals surface area (Å²) in [4.78, 5) is 36.6. The smallest absolute Gasteiger partial charge is 0.442 e. The van der Waals surface area contributed by atoms with Gasteiger partial charge in [0.05, 0.1) is 0 Å². The molecule has 1 unspecified atom stereocenters. The number of imide groups is 2. The molecule has 1 aromatic carbocycles. The zero-order valence-corrected chi connectivity index (χ0v) is 12.9. The number of hydrogen-bond acceptors (Lipinski definition) is 3. The second-order valence-electron chi connectivity index (χ2n) is 4.99. The number of carbonyl (C=O) groups is 3. The van der Waals surface area contributed by atoms with E-state index in [-0.39, 0.29) is 15.7 Å². The van der Waals surface area contributed by atoms with Gasteiger partial charge in [0.2, 0.25) is 0 Å². The van der Waals surface area contributed by atoms with Gasteiger partial charge in [0.1, 0.15) is 6.04 Å². The zero-order chi connectivity index (χ0) is 15.9. The Morgan fingerprint density at radius 2 is 1.76 bits per heavy atom. The van der Waals surface area contributed by atoms with Crippen LogP contribution in [-0.2, 0) is 4.79 Å². The lowest BCUT2D eigenvalue weighted by atomic mass is 10.1. The van der Waals surface area contributed by atoms with Crippen LogP contribution in [0.2, 0.25) is 10.0 Å². The fourth-order valence-electron chi connectivity index (χ4n) is 2.57. The molecule has 1 saturated heterocycles. The van der Waals surface area contributed by atoms with Crippen molar-refractivity contribution < 1.29 is 19.5 Å². The Morgan fingerprint density at radius 1 is 1.24 bits per heavy atom. The van der Waals surface area contributed by atoms with Crippen LogP contribution in [0.15, 0.2) is 18.2 Å². The molecule has 1 aliphatic rings. The molecule has 4 amide bonds. The average molecular weight is 332 g/mol. The summed E-state index contributed by atoms with van der Waals surface area (Å²) in [6.07, 6.45) is -1.46. The van der Waals surface area contributed by atoms with Gasteiger partial charge in [0.15, 0.2) is 12.2 Å². The molecule has 1 aromatic rings. The van der Waals surface area contributed by atoms with Crippen molar-refractivity contribution in [3.63, 3.8) is 0 Å². The summed E-state index contributed by atoms with van der Waals surface area (Å²) in [6, 6.07) is 3.07. The van der Waals surface area contributed by atoms with Crippen LogP contribution >= 0.6 is 23.2 Å². The van der Waals surface area contributed by atoms with Crippen molar-refractivity contribution in [2.75, 3.05) is 6.54 Å². The topological polar surface area (TPSA) is 74.7 Å². The van der Waals surface area contributed by atoms with Gasteiger partial charge in [0, 0.05) is 22.2 Å². The van der Waals surface area contributed by atoms with Gasteiger partial charge in [-0.2, -0.15) is 4.90 Å². The highest BCUT2D eigenvalue weighted by atomic mass is 35.5. The van der Waals surface area contributed by atoms with Crippen molar-refractivity contribution in [1.82, 2.24) is 9.38 Å². The maximum atomic E-state index is 12.6. The summed E-state index contributed by atoms with van der Waals surface area (Å²) in [5, 5.41) is 9.60. The van der Waals surface area contributed by atoms with E-state index in [0.29, 0.717) is 4.90 Å². The molecule has 1 aliphatic heterocycles. The van der Waals surface area contributed by atoms with Gasteiger partial charge < -0.3 is 5.11 Å². The predicted molar refractivity (Wildman–Crippen MR) is 78.5 cm³/mol. The quantitative estimate of drug-likeness (QED) is 0.666. The van der Waals surface area contributed by atoms with E-state index in [4.69, 9.17) is 28.3 Å². The Labute approximate surface area is 131 Å². The minimum Gasteiger partial charge on any atom is -0.464 e. The van der Waals surface area contributed by atoms with Gasteiger partial charge in [-0.15, -0.1) is 4.48 Å². The van der Waals surface area contributed by atoms with Crippen LogP contribution in [0.1, 0.15) is 13.8 Å². The lowest BCUT2D eigenvalue weighted by Crippen LogP contribution is -2.60. The number of carboxylic acid groups (broad SMARTS) is 1. The minimum absolute atomic E-state index is 0.265. The third kappa shape index (κ3) is 2.29. The molecular weight excluding hydrogens is 319 g/mol. The number of quaternary nitrogens is 1. The van der Waals surface area contributed by atoms with E-state index in [2.05, 4.69) is 0 Å². The summed E-state index contributed by atoms with van der Waals surface area (Å²) >= 11 is 11.9. The van der Waals surface area contributed by atoms with Crippen molar-refractivity contribution >= 4 is 46.9 Å². The summed E-state index contributed by atoms with van der Waals surface area (Å²) in [6.45, 7) is 2.84. The van der Waals surface area contributed by atoms with Crippen LogP contribution in [0.5, 0.6) is 0 Å². The SMILES string of the molecule is CC(C)[N+]1(c2cc(Cl)cc(Cl)c2)C(=O)CN(C(=O)O)C1=O. The lowest BCUT2D eigenvalue weighted by molar-refractivity contribution is -0.125. The predicted octanol–water partition coefficient (Wildman–Crippen LogP) is 3.35. The Bertz CT molecular complexity index is 627. The second-order valence-corrected chi connectivity index (χ2v) is 5.86. The molecular formula is C13H13Cl2N2O4+. The molecule has 21 heavy (non-hydrogen) atoms. The first kappa shape index (κ1) is 15.8. The van der Waals surface area contributed by atoms with Crippen LogP contribution in [0.25, 0.3) is 0 Å². The highest BCUT2D eigenvalue weighted by molar-refractivity contribution is 6.35. The Balaban J connectivity index is 2.69. The van der Waals surface area contributed by atoms with Gasteiger partial charge in [-0.3, -0.25) is 0 Å². The van der Waals surface area contributed by atoms with E-state index in [1.807, 2.05) is 0 Å². The largest absolute Gasteiger partial charge is 0.464 e. The van der Waals surface area contributed by atoms with E-state index in [9.17, 15) is 14.4 Å². The summed E-state index contributed by atoms with van der Waals surface area (Å²) in [5.74, 6) is -0.532. The molecule has 8 heteroatoms. The van der Waals surface area contributed by atoms with Crippen molar-refractivity contribution in [3.8, 4) is 0 Å². The Morgan fingerprint density at radius 3 is 2.14 bits per heavy atom. The molecule has 1 fully saturated rings. The van der Waals surface area contributed by atoms with Crippen molar-refractivity contribution in [2.45, 2.75) is 19.9 Å². The fraction of sp³-hybridized carbons (Fsp3) is 0.308. The number of nitrogens with zero attached hydrogens (tertiary/aromatic N) is 2. The number of rotatable bonds is 2. The van der Waals surface area contributed by atoms with Crippen LogP contribution in [0, 0.1) is 0 Å². The van der Waals surface area contributed by atoms with Crippen LogP contribution in [-0.4, -0.2) is 40.6 Å². The second kappa shape index (κ2) is 5.29. The monoisotopic (exact) mass is 331 g/mol. The molecule has 112 valence electrons. The summed E-state index contributed by atoms with van der Waals surface area (Å²) < 4.78 is -0.743. The number of hydrogen-bond donors (Lipinski definition) is 1. The van der Waals surface area contributed by atoms with E-state index >= 15 is 0 Å². The van der Waals surface area contributed by atoms with E-state index in [1.54, 1.807) is 13.8 Å². The van der Waals surface area contributed by atoms with Crippen molar-refractivity contribution in [1.29, 1.82) is 0 Å². The van der Waals surface area contributed by atoms with E-state index in [0.717, 1.165) is 0 Å². The first-order chi connectivity index (χ1) is 9.71. The molecule has 0 saturated carbocycles. The molecule has 1 heterocycles. The zero-order valence-electron chi connectivity index (χ0n) is 11.3. The fourth-order valence-corrected chi connectivity index (χ4v) is 3.08. The molecule has 2 rings (SSSR count). The highest BCUT2D eigenvalue weighted by Crippen LogP contribution is 2.37. The molecule has 1 atom stereocenters. The maximum Gasteiger partial charge on any atom is 0.442 e. The summed E-state index contributed by atoms with van der Waals surface area (Å²) in [5.41, 5.74) is 0.265. The van der Waals surface area contributed by atoms with Crippen LogP contribution < -0.4 is 4.48 Å². The van der Waals surface area contributed by atoms with Crippen molar-refractivity contribution in [3.05, 3.63) is 28.2 Å². The van der Waals surface area contributed by atoms with Gasteiger partial charge >= 0.3 is 18.0 Å². The van der Waals surface area contributed by atoms with E-state index < -0.39 is 35.1 Å². The van der Waals surface area contributed by atoms with Gasteiger partial charge in [0.25, 0.3) is 0 Å². The number of carbonyl (C=O) groups excluding carboxylic acids is 2. The molecule has 0 spiro atoms. The molecule has 0 bridgehead atoms. The third-order valence-electron chi connectivity index (χ3n) is 3.48. The standard InChI is InChI=1S/C13H12Cl2N2O4/c1-7(2)17(10-4-8(14)3-9(15)5-10)11(18)6-16(12(17)19)13(20)21/h3-5,7H,6H2,1-2H3/p+1. The molecule has 1 N–H and O–H groups in total. The normalized spacial score (nSPS) is 22.2. The Kier molecular flexibility index (Phi) is 3.97. The minimum atomic E-state index is -1.46. The number of benzene rings is 1. The first-order valence-electron chi connectivity index (χ1n) is 6.15. The van der Waals surface area contributed by atoms with Gasteiger partial charge in [-0.1, -0.05) is 23.2 Å². The number of halogens is 2. The Hall–Kier alpha value is -1.63. The lowest BCUT2D eigenvalue weighted by Gasteiger charge is -2.31.